The molecule has 0 fully saturated rings. The van der Waals surface area contributed by atoms with Crippen molar-refractivity contribution in [2.45, 2.75) is 0 Å². The number of hydrogen-bond acceptors (Lipinski definition) is 5. The molecule has 0 aromatic heterocycles. The van der Waals surface area contributed by atoms with Crippen LogP contribution in [-0.4, -0.2) is 27.7 Å². The number of hydrazine groups is 1. The highest BCUT2D eigenvalue weighted by Gasteiger charge is 2.42. The molecule has 23 heavy (non-hydrogen) atoms. The van der Waals surface area contributed by atoms with Crippen LogP contribution in [-0.2, 0) is 0 Å². The summed E-state index contributed by atoms with van der Waals surface area (Å²) in [5, 5.41) is 11.5. The maximum absolute atomic E-state index is 12.3. The van der Waals surface area contributed by atoms with E-state index in [9.17, 15) is 24.5 Å². The molecule has 0 radical (unpaired) electrons. The minimum atomic E-state index is -0.929. The first-order valence-electron chi connectivity index (χ1n) is 6.53. The molecule has 3 rings (SSSR count). The van der Waals surface area contributed by atoms with Crippen LogP contribution in [0.5, 0.6) is 0 Å². The molecule has 1 heterocycles. The molecule has 1 aliphatic heterocycles. The van der Waals surface area contributed by atoms with Crippen LogP contribution < -0.4 is 5.43 Å². The first kappa shape index (κ1) is 14.4. The summed E-state index contributed by atoms with van der Waals surface area (Å²) in [4.78, 5) is 46.8. The molecule has 8 heteroatoms. The van der Waals surface area contributed by atoms with Crippen molar-refractivity contribution < 1.29 is 19.3 Å². The molecule has 1 N–H and O–H groups in total. The van der Waals surface area contributed by atoms with Gasteiger partial charge in [-0.15, -0.1) is 0 Å². The van der Waals surface area contributed by atoms with Crippen molar-refractivity contribution in [2.24, 2.45) is 0 Å². The lowest BCUT2D eigenvalue weighted by Gasteiger charge is -2.14. The summed E-state index contributed by atoms with van der Waals surface area (Å²) in [6.45, 7) is 0. The van der Waals surface area contributed by atoms with Gasteiger partial charge in [0.2, 0.25) is 0 Å². The number of amides is 3. The van der Waals surface area contributed by atoms with E-state index in [-0.39, 0.29) is 16.7 Å². The van der Waals surface area contributed by atoms with E-state index in [0.29, 0.717) is 5.01 Å². The Morgan fingerprint density at radius 1 is 1.00 bits per heavy atom. The maximum atomic E-state index is 12.3. The second-order valence-electron chi connectivity index (χ2n) is 4.71. The van der Waals surface area contributed by atoms with Crippen molar-refractivity contribution in [3.8, 4) is 0 Å². The highest BCUT2D eigenvalue weighted by molar-refractivity contribution is 6.23. The van der Waals surface area contributed by atoms with Gasteiger partial charge in [-0.05, 0) is 18.2 Å². The summed E-state index contributed by atoms with van der Waals surface area (Å²) >= 11 is 0. The van der Waals surface area contributed by atoms with Gasteiger partial charge in [0.15, 0.2) is 0 Å². The first-order valence-corrected chi connectivity index (χ1v) is 6.53. The Balaban J connectivity index is 1.94. The Hall–Kier alpha value is -3.55. The lowest BCUT2D eigenvalue weighted by molar-refractivity contribution is -0.385. The lowest BCUT2D eigenvalue weighted by atomic mass is 10.1. The van der Waals surface area contributed by atoms with Gasteiger partial charge in [-0.1, -0.05) is 24.3 Å². The molecule has 2 aromatic rings. The van der Waals surface area contributed by atoms with Crippen LogP contribution in [0.2, 0.25) is 0 Å². The number of fused-ring (bicyclic) bond motifs is 1. The minimum Gasteiger partial charge on any atom is -0.267 e. The van der Waals surface area contributed by atoms with Crippen LogP contribution in [0.3, 0.4) is 0 Å². The molecule has 0 spiro atoms. The number of carbonyl (C=O) groups is 3. The summed E-state index contributed by atoms with van der Waals surface area (Å²) in [5.41, 5.74) is 1.52. The molecule has 0 aliphatic carbocycles. The molecule has 0 unspecified atom stereocenters. The first-order chi connectivity index (χ1) is 11.0. The summed E-state index contributed by atoms with van der Waals surface area (Å²) in [6, 6.07) is 11.7. The van der Waals surface area contributed by atoms with Gasteiger partial charge in [0.25, 0.3) is 23.4 Å². The Morgan fingerprint density at radius 3 is 2.35 bits per heavy atom. The number of carbonyl (C=O) groups excluding carboxylic acids is 3. The third-order valence-electron chi connectivity index (χ3n) is 3.34. The van der Waals surface area contributed by atoms with Crippen LogP contribution >= 0.6 is 0 Å². The van der Waals surface area contributed by atoms with Gasteiger partial charge in [0.1, 0.15) is 5.56 Å². The Kier molecular flexibility index (Phi) is 3.34. The van der Waals surface area contributed by atoms with Crippen LogP contribution in [0.4, 0.5) is 5.69 Å². The van der Waals surface area contributed by atoms with E-state index in [4.69, 9.17) is 0 Å². The van der Waals surface area contributed by atoms with Gasteiger partial charge < -0.3 is 0 Å². The van der Waals surface area contributed by atoms with E-state index < -0.39 is 28.3 Å². The second kappa shape index (κ2) is 5.34. The standard InChI is InChI=1S/C15H9N3O5/c19-13(9-5-2-1-3-6-9)16-17-14(20)10-7-4-8-11(18(22)23)12(10)15(17)21/h1-8H,(H,16,19). The molecule has 0 bridgehead atoms. The molecular weight excluding hydrogens is 302 g/mol. The van der Waals surface area contributed by atoms with E-state index in [2.05, 4.69) is 5.43 Å². The highest BCUT2D eigenvalue weighted by Crippen LogP contribution is 2.29. The number of hydrogen-bond donors (Lipinski definition) is 1. The van der Waals surface area contributed by atoms with Crippen molar-refractivity contribution in [1.82, 2.24) is 10.4 Å². The number of nitro benzene ring substituents is 1. The Morgan fingerprint density at radius 2 is 1.70 bits per heavy atom. The smallest absolute Gasteiger partial charge is 0.267 e. The molecule has 0 saturated carbocycles. The highest BCUT2D eigenvalue weighted by atomic mass is 16.6. The molecule has 0 atom stereocenters. The van der Waals surface area contributed by atoms with Crippen molar-refractivity contribution in [3.63, 3.8) is 0 Å². The van der Waals surface area contributed by atoms with Gasteiger partial charge in [-0.25, -0.2) is 0 Å². The topological polar surface area (TPSA) is 110 Å². The average Bonchev–Trinajstić information content (AvgIpc) is 2.80. The maximum Gasteiger partial charge on any atom is 0.287 e. The average molecular weight is 311 g/mol. The zero-order chi connectivity index (χ0) is 16.6. The summed E-state index contributed by atoms with van der Waals surface area (Å²) in [5.74, 6) is -2.40. The largest absolute Gasteiger partial charge is 0.287 e. The van der Waals surface area contributed by atoms with Crippen LogP contribution in [0.1, 0.15) is 31.1 Å². The Labute approximate surface area is 129 Å². The number of nitro groups is 1. The lowest BCUT2D eigenvalue weighted by Crippen LogP contribution is -2.45. The van der Waals surface area contributed by atoms with E-state index in [1.54, 1.807) is 18.2 Å². The number of nitrogens with zero attached hydrogens (tertiary/aromatic N) is 2. The quantitative estimate of drug-likeness (QED) is 0.525. The fourth-order valence-corrected chi connectivity index (χ4v) is 2.28. The fraction of sp³-hybridized carbons (Fsp3) is 0. The molecular formula is C15H9N3O5. The van der Waals surface area contributed by atoms with Crippen LogP contribution in [0, 0.1) is 10.1 Å². The van der Waals surface area contributed by atoms with E-state index in [1.165, 1.54) is 24.3 Å². The number of nitrogens with one attached hydrogen (secondary N) is 1. The zero-order valence-corrected chi connectivity index (χ0v) is 11.6. The van der Waals surface area contributed by atoms with Gasteiger partial charge in [-0.2, -0.15) is 5.01 Å². The van der Waals surface area contributed by atoms with Gasteiger partial charge in [0, 0.05) is 11.6 Å². The van der Waals surface area contributed by atoms with Crippen molar-refractivity contribution in [1.29, 1.82) is 0 Å². The van der Waals surface area contributed by atoms with Crippen LogP contribution in [0.25, 0.3) is 0 Å². The molecule has 2 aromatic carbocycles. The number of benzene rings is 2. The van der Waals surface area contributed by atoms with Gasteiger partial charge in [0.05, 0.1) is 10.5 Å². The van der Waals surface area contributed by atoms with E-state index in [1.807, 2.05) is 0 Å². The van der Waals surface area contributed by atoms with Gasteiger partial charge >= 0.3 is 0 Å². The van der Waals surface area contributed by atoms with Crippen molar-refractivity contribution in [3.05, 3.63) is 75.3 Å². The van der Waals surface area contributed by atoms with Gasteiger partial charge in [-0.3, -0.25) is 29.9 Å². The third-order valence-corrected chi connectivity index (χ3v) is 3.34. The molecule has 1 aliphatic rings. The molecule has 3 amide bonds. The fourth-order valence-electron chi connectivity index (χ4n) is 2.28. The second-order valence-corrected chi connectivity index (χ2v) is 4.71. The zero-order valence-electron chi connectivity index (χ0n) is 11.6. The third kappa shape index (κ3) is 2.31. The predicted octanol–water partition coefficient (Wildman–Crippen LogP) is 1.54. The summed E-state index contributed by atoms with van der Waals surface area (Å²) < 4.78 is 0. The van der Waals surface area contributed by atoms with E-state index >= 15 is 0 Å². The summed E-state index contributed by atoms with van der Waals surface area (Å²) in [7, 11) is 0. The minimum absolute atomic E-state index is 0.113. The normalized spacial score (nSPS) is 13.0. The van der Waals surface area contributed by atoms with Crippen LogP contribution in [0.15, 0.2) is 48.5 Å². The van der Waals surface area contributed by atoms with Crippen molar-refractivity contribution in [2.75, 3.05) is 0 Å². The molecule has 0 saturated heterocycles. The molecule has 114 valence electrons. The van der Waals surface area contributed by atoms with E-state index in [0.717, 1.165) is 6.07 Å². The summed E-state index contributed by atoms with van der Waals surface area (Å²) in [6.07, 6.45) is 0. The SMILES string of the molecule is O=C(NN1C(=O)c2cccc([N+](=O)[O-])c2C1=O)c1ccccc1. The Bertz CT molecular complexity index is 847. The number of imide groups is 1. The predicted molar refractivity (Wildman–Crippen MR) is 77.5 cm³/mol. The van der Waals surface area contributed by atoms with Crippen molar-refractivity contribution >= 4 is 23.4 Å². The molecule has 8 nitrogen and oxygen atoms in total. The number of rotatable bonds is 3. The monoisotopic (exact) mass is 311 g/mol.